The van der Waals surface area contributed by atoms with Crippen LogP contribution in [0.2, 0.25) is 0 Å². The number of hydrogen-bond acceptors (Lipinski definition) is 2. The van der Waals surface area contributed by atoms with Gasteiger partial charge in [0, 0.05) is 50.4 Å². The lowest BCUT2D eigenvalue weighted by molar-refractivity contribution is 0.188. The molecular weight excluding hydrogens is 362 g/mol. The maximum absolute atomic E-state index is 13.8. The van der Waals surface area contributed by atoms with Gasteiger partial charge in [0.25, 0.3) is 0 Å². The number of carbonyl (C=O) groups excluding carboxylic acids is 1. The Morgan fingerprint density at radius 1 is 1.25 bits per heavy atom. The van der Waals surface area contributed by atoms with Crippen LogP contribution >= 0.6 is 0 Å². The lowest BCUT2D eigenvalue weighted by atomic mass is 9.86. The zero-order valence-corrected chi connectivity index (χ0v) is 15.4. The summed E-state index contributed by atoms with van der Waals surface area (Å²) in [5, 5.41) is 6.99. The number of hydrogen-bond donors (Lipinski definition) is 1. The Morgan fingerprint density at radius 2 is 2.07 bits per heavy atom. The van der Waals surface area contributed by atoms with E-state index in [1.54, 1.807) is 9.58 Å². The van der Waals surface area contributed by atoms with E-state index in [9.17, 15) is 13.6 Å². The molecule has 0 saturated carbocycles. The van der Waals surface area contributed by atoms with E-state index in [2.05, 4.69) is 16.5 Å². The number of benzene rings is 2. The molecule has 1 aromatic heterocycles. The first kappa shape index (κ1) is 18.2. The molecular formula is C21H20F2N4O. The van der Waals surface area contributed by atoms with Gasteiger partial charge in [-0.2, -0.15) is 5.10 Å². The maximum Gasteiger partial charge on any atom is 0.317 e. The molecule has 7 heteroatoms. The highest BCUT2D eigenvalue weighted by Crippen LogP contribution is 2.33. The van der Waals surface area contributed by atoms with Crippen LogP contribution in [0.5, 0.6) is 0 Å². The normalized spacial score (nSPS) is 16.0. The summed E-state index contributed by atoms with van der Waals surface area (Å²) in [7, 11) is 1.86. The molecule has 2 amide bonds. The predicted molar refractivity (Wildman–Crippen MR) is 100 cm³/mol. The number of carbonyl (C=O) groups is 1. The van der Waals surface area contributed by atoms with Crippen molar-refractivity contribution in [2.75, 3.05) is 6.54 Å². The smallest absolute Gasteiger partial charge is 0.317 e. The highest BCUT2D eigenvalue weighted by Gasteiger charge is 2.29. The number of fused-ring (bicyclic) bond motifs is 1. The first-order valence-corrected chi connectivity index (χ1v) is 9.04. The summed E-state index contributed by atoms with van der Waals surface area (Å²) in [6.07, 6.45) is 3.77. The summed E-state index contributed by atoms with van der Waals surface area (Å²) in [6.45, 7) is 0.978. The predicted octanol–water partition coefficient (Wildman–Crippen LogP) is 3.56. The van der Waals surface area contributed by atoms with Crippen LogP contribution < -0.4 is 5.32 Å². The van der Waals surface area contributed by atoms with Crippen molar-refractivity contribution in [1.82, 2.24) is 20.0 Å². The Morgan fingerprint density at radius 3 is 2.82 bits per heavy atom. The Balaban J connectivity index is 1.52. The van der Waals surface area contributed by atoms with Crippen LogP contribution in [0.1, 0.15) is 28.2 Å². The summed E-state index contributed by atoms with van der Waals surface area (Å²) in [5.41, 5.74) is 3.54. The standard InChI is InChI=1S/C21H20F2N4O/c1-26-11-16(10-25-26)19-13-27(12-15-4-2-3-5-18(15)19)21(28)24-9-14-6-7-17(22)8-20(14)23/h2-8,10-11,19H,9,12-13H2,1H3,(H,24,28). The molecule has 5 nitrogen and oxygen atoms in total. The summed E-state index contributed by atoms with van der Waals surface area (Å²) >= 11 is 0. The second-order valence-electron chi connectivity index (χ2n) is 6.97. The van der Waals surface area contributed by atoms with Crippen molar-refractivity contribution in [3.05, 3.63) is 88.7 Å². The van der Waals surface area contributed by atoms with Gasteiger partial charge in [0.15, 0.2) is 0 Å². The second kappa shape index (κ2) is 7.42. The highest BCUT2D eigenvalue weighted by molar-refractivity contribution is 5.75. The third-order valence-corrected chi connectivity index (χ3v) is 5.05. The number of rotatable bonds is 3. The first-order valence-electron chi connectivity index (χ1n) is 9.04. The van der Waals surface area contributed by atoms with Gasteiger partial charge in [-0.15, -0.1) is 0 Å². The van der Waals surface area contributed by atoms with Gasteiger partial charge in [-0.25, -0.2) is 13.6 Å². The van der Waals surface area contributed by atoms with Gasteiger partial charge in [0.05, 0.1) is 6.20 Å². The van der Waals surface area contributed by atoms with Crippen LogP contribution in [0, 0.1) is 11.6 Å². The van der Waals surface area contributed by atoms with Gasteiger partial charge in [0.2, 0.25) is 0 Å². The monoisotopic (exact) mass is 382 g/mol. The van der Waals surface area contributed by atoms with Crippen molar-refractivity contribution >= 4 is 6.03 Å². The molecule has 0 spiro atoms. The van der Waals surface area contributed by atoms with E-state index < -0.39 is 11.6 Å². The third-order valence-electron chi connectivity index (χ3n) is 5.05. The highest BCUT2D eigenvalue weighted by atomic mass is 19.1. The molecule has 2 heterocycles. The Labute approximate surface area is 161 Å². The van der Waals surface area contributed by atoms with Gasteiger partial charge in [-0.05, 0) is 22.8 Å². The van der Waals surface area contributed by atoms with Gasteiger partial charge in [-0.1, -0.05) is 30.3 Å². The number of aromatic nitrogens is 2. The minimum atomic E-state index is -0.669. The molecule has 1 unspecified atom stereocenters. The fourth-order valence-electron chi connectivity index (χ4n) is 3.61. The van der Waals surface area contributed by atoms with E-state index >= 15 is 0 Å². The van der Waals surface area contributed by atoms with E-state index in [1.807, 2.05) is 37.6 Å². The second-order valence-corrected chi connectivity index (χ2v) is 6.97. The van der Waals surface area contributed by atoms with E-state index in [1.165, 1.54) is 17.7 Å². The molecule has 1 atom stereocenters. The zero-order valence-electron chi connectivity index (χ0n) is 15.4. The van der Waals surface area contributed by atoms with Crippen molar-refractivity contribution in [2.24, 2.45) is 7.05 Å². The summed E-state index contributed by atoms with van der Waals surface area (Å²) < 4.78 is 28.6. The molecule has 1 N–H and O–H groups in total. The van der Waals surface area contributed by atoms with Crippen LogP contribution in [0.25, 0.3) is 0 Å². The SMILES string of the molecule is Cn1cc(C2CN(C(=O)NCc3ccc(F)cc3F)Cc3ccccc32)cn1. The van der Waals surface area contributed by atoms with Gasteiger partial charge >= 0.3 is 6.03 Å². The number of nitrogens with zero attached hydrogens (tertiary/aromatic N) is 3. The number of nitrogens with one attached hydrogen (secondary N) is 1. The summed E-state index contributed by atoms with van der Waals surface area (Å²) in [4.78, 5) is 14.4. The van der Waals surface area contributed by atoms with Crippen molar-refractivity contribution in [3.63, 3.8) is 0 Å². The number of amides is 2. The van der Waals surface area contributed by atoms with Gasteiger partial charge < -0.3 is 10.2 Å². The molecule has 0 saturated heterocycles. The average Bonchev–Trinajstić information content (AvgIpc) is 3.12. The van der Waals surface area contributed by atoms with Crippen molar-refractivity contribution in [2.45, 2.75) is 19.0 Å². The Kier molecular flexibility index (Phi) is 4.81. The molecule has 0 bridgehead atoms. The van der Waals surface area contributed by atoms with Crippen LogP contribution in [0.4, 0.5) is 13.6 Å². The Hall–Kier alpha value is -3.22. The first-order chi connectivity index (χ1) is 13.5. The number of aryl methyl sites for hydroxylation is 1. The lowest BCUT2D eigenvalue weighted by Crippen LogP contribution is -2.44. The van der Waals surface area contributed by atoms with Crippen LogP contribution in [0.3, 0.4) is 0 Å². The maximum atomic E-state index is 13.8. The van der Waals surface area contributed by atoms with E-state index in [4.69, 9.17) is 0 Å². The van der Waals surface area contributed by atoms with E-state index in [0.29, 0.717) is 13.1 Å². The molecule has 28 heavy (non-hydrogen) atoms. The minimum Gasteiger partial charge on any atom is -0.334 e. The molecule has 0 fully saturated rings. The summed E-state index contributed by atoms with van der Waals surface area (Å²) in [6, 6.07) is 11.1. The number of halogens is 2. The molecule has 0 radical (unpaired) electrons. The molecule has 144 valence electrons. The molecule has 1 aliphatic heterocycles. The average molecular weight is 382 g/mol. The van der Waals surface area contributed by atoms with Crippen molar-refractivity contribution < 1.29 is 13.6 Å². The number of urea groups is 1. The lowest BCUT2D eigenvalue weighted by Gasteiger charge is -2.34. The van der Waals surface area contributed by atoms with Gasteiger partial charge in [0.1, 0.15) is 11.6 Å². The Bertz CT molecular complexity index is 1020. The fraction of sp³-hybridized carbons (Fsp3) is 0.238. The summed E-state index contributed by atoms with van der Waals surface area (Å²) in [5.74, 6) is -1.29. The van der Waals surface area contributed by atoms with Gasteiger partial charge in [-0.3, -0.25) is 4.68 Å². The van der Waals surface area contributed by atoms with Crippen molar-refractivity contribution in [1.29, 1.82) is 0 Å². The van der Waals surface area contributed by atoms with Crippen LogP contribution in [-0.2, 0) is 20.1 Å². The van der Waals surface area contributed by atoms with Crippen molar-refractivity contribution in [3.8, 4) is 0 Å². The minimum absolute atomic E-state index is 0.000648. The van der Waals surface area contributed by atoms with E-state index in [-0.39, 0.29) is 24.1 Å². The molecule has 1 aliphatic rings. The molecule has 0 aliphatic carbocycles. The topological polar surface area (TPSA) is 50.2 Å². The molecule has 3 aromatic rings. The molecule has 4 rings (SSSR count). The quantitative estimate of drug-likeness (QED) is 0.753. The molecule has 2 aromatic carbocycles. The van der Waals surface area contributed by atoms with E-state index in [0.717, 1.165) is 17.2 Å². The van der Waals surface area contributed by atoms with Crippen LogP contribution in [-0.4, -0.2) is 27.3 Å². The fourth-order valence-corrected chi connectivity index (χ4v) is 3.61. The van der Waals surface area contributed by atoms with Crippen LogP contribution in [0.15, 0.2) is 54.9 Å². The zero-order chi connectivity index (χ0) is 19.7. The largest absolute Gasteiger partial charge is 0.334 e. The third kappa shape index (κ3) is 3.60.